The summed E-state index contributed by atoms with van der Waals surface area (Å²) in [6, 6.07) is 7.44. The molecule has 0 unspecified atom stereocenters. The number of aryl methyl sites for hydroxylation is 1. The molecule has 6 heteroatoms. The second kappa shape index (κ2) is 5.56. The number of carboxylic acid groups (broad SMARTS) is 1. The van der Waals surface area contributed by atoms with Gasteiger partial charge in [-0.15, -0.1) is 0 Å². The van der Waals surface area contributed by atoms with Gasteiger partial charge in [0.05, 0.1) is 6.33 Å². The Morgan fingerprint density at radius 2 is 1.95 bits per heavy atom. The Kier molecular flexibility index (Phi) is 3.84. The zero-order valence-corrected chi connectivity index (χ0v) is 11.3. The molecule has 0 saturated carbocycles. The topological polar surface area (TPSA) is 86.3 Å². The third-order valence-corrected chi connectivity index (χ3v) is 2.96. The van der Waals surface area contributed by atoms with Crippen LogP contribution >= 0.6 is 0 Å². The number of imidazole rings is 1. The van der Waals surface area contributed by atoms with E-state index >= 15 is 0 Å². The lowest BCUT2D eigenvalue weighted by atomic mass is 10.2. The van der Waals surface area contributed by atoms with E-state index in [2.05, 4.69) is 9.97 Å². The molecule has 1 aromatic heterocycles. The van der Waals surface area contributed by atoms with Gasteiger partial charge in [0.2, 0.25) is 0 Å². The molecule has 0 spiro atoms. The highest BCUT2D eigenvalue weighted by Gasteiger charge is 2.24. The molecule has 6 nitrogen and oxygen atoms in total. The number of H-pyrrole nitrogens is 1. The zero-order valence-electron chi connectivity index (χ0n) is 11.3. The number of aromatic amines is 1. The summed E-state index contributed by atoms with van der Waals surface area (Å²) in [4.78, 5) is 31.2. The summed E-state index contributed by atoms with van der Waals surface area (Å²) < 4.78 is 0. The number of carboxylic acids is 1. The minimum atomic E-state index is -1.20. The van der Waals surface area contributed by atoms with Gasteiger partial charge in [-0.05, 0) is 26.0 Å². The van der Waals surface area contributed by atoms with Crippen molar-refractivity contribution in [2.75, 3.05) is 11.4 Å². The number of hydrogen-bond acceptors (Lipinski definition) is 3. The first-order chi connectivity index (χ1) is 9.54. The van der Waals surface area contributed by atoms with Gasteiger partial charge in [-0.1, -0.05) is 17.7 Å². The number of carbonyl (C=O) groups excluding carboxylic acids is 1. The predicted octanol–water partition coefficient (Wildman–Crippen LogP) is 2.08. The van der Waals surface area contributed by atoms with Gasteiger partial charge in [-0.3, -0.25) is 4.79 Å². The fraction of sp³-hybridized carbons (Fsp3) is 0.214. The molecule has 0 bridgehead atoms. The number of rotatable bonds is 4. The predicted molar refractivity (Wildman–Crippen MR) is 74.1 cm³/mol. The maximum Gasteiger partial charge on any atom is 0.354 e. The van der Waals surface area contributed by atoms with E-state index in [0.29, 0.717) is 12.2 Å². The fourth-order valence-electron chi connectivity index (χ4n) is 1.92. The molecule has 1 aromatic carbocycles. The van der Waals surface area contributed by atoms with Gasteiger partial charge in [-0.25, -0.2) is 9.78 Å². The summed E-state index contributed by atoms with van der Waals surface area (Å²) in [5.74, 6) is -1.64. The maximum atomic E-state index is 12.4. The van der Waals surface area contributed by atoms with Gasteiger partial charge in [0, 0.05) is 12.2 Å². The lowest BCUT2D eigenvalue weighted by Gasteiger charge is -2.20. The molecule has 2 N–H and O–H groups in total. The van der Waals surface area contributed by atoms with Gasteiger partial charge in [-0.2, -0.15) is 0 Å². The second-order valence-corrected chi connectivity index (χ2v) is 4.32. The quantitative estimate of drug-likeness (QED) is 0.893. The molecule has 0 saturated heterocycles. The summed E-state index contributed by atoms with van der Waals surface area (Å²) in [6.45, 7) is 4.21. The van der Waals surface area contributed by atoms with Gasteiger partial charge in [0.25, 0.3) is 5.91 Å². The zero-order chi connectivity index (χ0) is 14.7. The minimum Gasteiger partial charge on any atom is -0.477 e. The number of nitrogens with one attached hydrogen (secondary N) is 1. The van der Waals surface area contributed by atoms with Crippen molar-refractivity contribution in [1.29, 1.82) is 0 Å². The number of aromatic nitrogens is 2. The fourth-order valence-corrected chi connectivity index (χ4v) is 1.92. The van der Waals surface area contributed by atoms with Crippen molar-refractivity contribution in [3.8, 4) is 0 Å². The number of anilines is 1. The second-order valence-electron chi connectivity index (χ2n) is 4.32. The third-order valence-electron chi connectivity index (χ3n) is 2.96. The van der Waals surface area contributed by atoms with Crippen LogP contribution < -0.4 is 4.90 Å². The Labute approximate surface area is 116 Å². The van der Waals surface area contributed by atoms with E-state index in [9.17, 15) is 9.59 Å². The monoisotopic (exact) mass is 273 g/mol. The number of aromatic carboxylic acids is 1. The lowest BCUT2D eigenvalue weighted by Crippen LogP contribution is -2.32. The van der Waals surface area contributed by atoms with Crippen LogP contribution in [0.1, 0.15) is 33.5 Å². The Morgan fingerprint density at radius 1 is 1.30 bits per heavy atom. The van der Waals surface area contributed by atoms with Crippen LogP contribution in [0.2, 0.25) is 0 Å². The molecular weight excluding hydrogens is 258 g/mol. The number of carbonyl (C=O) groups is 2. The van der Waals surface area contributed by atoms with Crippen LogP contribution in [0.25, 0.3) is 0 Å². The molecule has 2 aromatic rings. The molecule has 0 radical (unpaired) electrons. The van der Waals surface area contributed by atoms with Crippen LogP contribution in [0, 0.1) is 6.92 Å². The van der Waals surface area contributed by atoms with E-state index in [1.165, 1.54) is 11.2 Å². The van der Waals surface area contributed by atoms with E-state index in [0.717, 1.165) is 5.56 Å². The molecule has 0 aliphatic carbocycles. The van der Waals surface area contributed by atoms with Crippen molar-refractivity contribution in [3.05, 3.63) is 47.5 Å². The highest BCUT2D eigenvalue weighted by atomic mass is 16.4. The molecule has 20 heavy (non-hydrogen) atoms. The molecule has 0 aliphatic rings. The van der Waals surface area contributed by atoms with Gasteiger partial charge >= 0.3 is 5.97 Å². The van der Waals surface area contributed by atoms with E-state index in [-0.39, 0.29) is 11.4 Å². The molecule has 1 heterocycles. The largest absolute Gasteiger partial charge is 0.477 e. The van der Waals surface area contributed by atoms with Crippen molar-refractivity contribution < 1.29 is 14.7 Å². The first kappa shape index (κ1) is 13.8. The average Bonchev–Trinajstić information content (AvgIpc) is 2.91. The Bertz CT molecular complexity index is 631. The Balaban J connectivity index is 2.36. The SMILES string of the molecule is CCN(C(=O)c1nc[nH]c1C(=O)O)c1ccc(C)cc1. The smallest absolute Gasteiger partial charge is 0.354 e. The van der Waals surface area contributed by atoms with Crippen molar-refractivity contribution in [1.82, 2.24) is 9.97 Å². The summed E-state index contributed by atoms with van der Waals surface area (Å²) in [7, 11) is 0. The Hall–Kier alpha value is -2.63. The number of nitrogens with zero attached hydrogens (tertiary/aromatic N) is 2. The normalized spacial score (nSPS) is 10.3. The number of benzene rings is 1. The van der Waals surface area contributed by atoms with Crippen molar-refractivity contribution in [2.45, 2.75) is 13.8 Å². The standard InChI is InChI=1S/C14H15N3O3/c1-3-17(10-6-4-9(2)5-7-10)13(18)11-12(14(19)20)16-8-15-11/h4-8H,3H2,1-2H3,(H,15,16)(H,19,20). The summed E-state index contributed by atoms with van der Waals surface area (Å²) in [5, 5.41) is 9.02. The van der Waals surface area contributed by atoms with Crippen LogP contribution in [0.15, 0.2) is 30.6 Å². The lowest BCUT2D eigenvalue weighted by molar-refractivity contribution is 0.0686. The minimum absolute atomic E-state index is 0.0834. The van der Waals surface area contributed by atoms with Gasteiger partial charge in [0.1, 0.15) is 0 Å². The molecule has 0 atom stereocenters. The average molecular weight is 273 g/mol. The van der Waals surface area contributed by atoms with Crippen molar-refractivity contribution in [2.24, 2.45) is 0 Å². The van der Waals surface area contributed by atoms with Crippen LogP contribution in [0.5, 0.6) is 0 Å². The van der Waals surface area contributed by atoms with E-state index in [4.69, 9.17) is 5.11 Å². The van der Waals surface area contributed by atoms with Crippen LogP contribution in [-0.2, 0) is 0 Å². The molecule has 0 fully saturated rings. The molecule has 2 rings (SSSR count). The van der Waals surface area contributed by atoms with Crippen molar-refractivity contribution in [3.63, 3.8) is 0 Å². The molecular formula is C14H15N3O3. The molecule has 1 amide bonds. The number of hydrogen-bond donors (Lipinski definition) is 2. The third kappa shape index (κ3) is 2.54. The Morgan fingerprint density at radius 3 is 2.50 bits per heavy atom. The summed E-state index contributed by atoms with van der Waals surface area (Å²) in [5.41, 5.74) is 1.52. The highest BCUT2D eigenvalue weighted by molar-refractivity contribution is 6.09. The van der Waals surface area contributed by atoms with Crippen LogP contribution in [0.3, 0.4) is 0 Å². The summed E-state index contributed by atoms with van der Waals surface area (Å²) in [6.07, 6.45) is 1.21. The first-order valence-corrected chi connectivity index (χ1v) is 6.19. The van der Waals surface area contributed by atoms with Gasteiger partial charge < -0.3 is 15.0 Å². The molecule has 0 aliphatic heterocycles. The van der Waals surface area contributed by atoms with Gasteiger partial charge in [0.15, 0.2) is 11.4 Å². The number of amides is 1. The molecule has 104 valence electrons. The summed E-state index contributed by atoms with van der Waals surface area (Å²) >= 11 is 0. The van der Waals surface area contributed by atoms with E-state index in [1.54, 1.807) is 0 Å². The maximum absolute atomic E-state index is 12.4. The van der Waals surface area contributed by atoms with E-state index in [1.807, 2.05) is 38.1 Å². The van der Waals surface area contributed by atoms with Crippen molar-refractivity contribution >= 4 is 17.6 Å². The first-order valence-electron chi connectivity index (χ1n) is 6.19. The van der Waals surface area contributed by atoms with Crippen LogP contribution in [0.4, 0.5) is 5.69 Å². The van der Waals surface area contributed by atoms with Crippen LogP contribution in [-0.4, -0.2) is 33.5 Å². The highest BCUT2D eigenvalue weighted by Crippen LogP contribution is 2.18. The van der Waals surface area contributed by atoms with E-state index < -0.39 is 11.9 Å².